The molecule has 0 radical (unpaired) electrons. The van der Waals surface area contributed by atoms with Crippen LogP contribution in [0.3, 0.4) is 0 Å². The summed E-state index contributed by atoms with van der Waals surface area (Å²) in [5, 5.41) is 3.96. The molecular formula is C27H40BrN5O3. The Kier molecular flexibility index (Phi) is 12.9. The van der Waals surface area contributed by atoms with Gasteiger partial charge in [0, 0.05) is 66.9 Å². The third kappa shape index (κ3) is 8.28. The number of rotatable bonds is 8. The Morgan fingerprint density at radius 2 is 1.86 bits per heavy atom. The highest BCUT2D eigenvalue weighted by Crippen LogP contribution is 2.26. The molecule has 36 heavy (non-hydrogen) atoms. The Hall–Kier alpha value is -2.49. The van der Waals surface area contributed by atoms with Crippen molar-refractivity contribution in [2.45, 2.75) is 39.3 Å². The molecule has 198 valence electrons. The molecule has 1 aromatic carbocycles. The first-order chi connectivity index (χ1) is 17.4. The first kappa shape index (κ1) is 29.7. The van der Waals surface area contributed by atoms with E-state index < -0.39 is 0 Å². The maximum Gasteiger partial charge on any atom is 0.256 e. The second kappa shape index (κ2) is 15.6. The Balaban J connectivity index is 0.000000345. The van der Waals surface area contributed by atoms with Crippen LogP contribution in [0, 0.1) is 0 Å². The zero-order chi connectivity index (χ0) is 26.5. The molecule has 2 amide bonds. The molecule has 0 aliphatic carbocycles. The maximum absolute atomic E-state index is 13.1. The lowest BCUT2D eigenvalue weighted by Gasteiger charge is -2.35. The number of hydrogen-bond acceptors (Lipinski definition) is 5. The van der Waals surface area contributed by atoms with Gasteiger partial charge in [0.05, 0.1) is 12.1 Å². The lowest BCUT2D eigenvalue weighted by atomic mass is 10.1. The van der Waals surface area contributed by atoms with Crippen molar-refractivity contribution in [2.24, 2.45) is 0 Å². The van der Waals surface area contributed by atoms with Gasteiger partial charge < -0.3 is 24.5 Å². The quantitative estimate of drug-likeness (QED) is 0.394. The number of halogens is 1. The van der Waals surface area contributed by atoms with Crippen molar-refractivity contribution in [3.05, 3.63) is 47.1 Å². The fraction of sp³-hybridized carbons (Fsp3) is 0.519. The Morgan fingerprint density at radius 3 is 2.42 bits per heavy atom. The van der Waals surface area contributed by atoms with Crippen molar-refractivity contribution >= 4 is 45.4 Å². The first-order valence-corrected chi connectivity index (χ1v) is 13.4. The van der Waals surface area contributed by atoms with E-state index in [0.717, 1.165) is 73.9 Å². The number of piperazine rings is 1. The number of allylic oxidation sites excluding steroid dienone is 1. The first-order valence-electron chi connectivity index (χ1n) is 12.6. The van der Waals surface area contributed by atoms with Crippen LogP contribution >= 0.6 is 15.9 Å². The molecule has 0 spiro atoms. The monoisotopic (exact) mass is 561 g/mol. The van der Waals surface area contributed by atoms with E-state index in [2.05, 4.69) is 39.6 Å². The number of carbonyl (C=O) groups is 3. The normalized spacial score (nSPS) is 15.8. The molecule has 8 nitrogen and oxygen atoms in total. The van der Waals surface area contributed by atoms with Gasteiger partial charge in [0.15, 0.2) is 0 Å². The minimum Gasteiger partial charge on any atom is -0.342 e. The number of nitrogens with one attached hydrogen (secondary N) is 1. The zero-order valence-corrected chi connectivity index (χ0v) is 23.4. The highest BCUT2D eigenvalue weighted by Gasteiger charge is 2.25. The van der Waals surface area contributed by atoms with Crippen LogP contribution in [0.5, 0.6) is 0 Å². The number of fused-ring (bicyclic) bond motifs is 1. The van der Waals surface area contributed by atoms with Crippen molar-refractivity contribution in [3.8, 4) is 0 Å². The van der Waals surface area contributed by atoms with E-state index in [1.165, 1.54) is 12.8 Å². The van der Waals surface area contributed by atoms with Gasteiger partial charge in [-0.25, -0.2) is 0 Å². The van der Waals surface area contributed by atoms with Crippen molar-refractivity contribution in [1.82, 2.24) is 24.6 Å². The van der Waals surface area contributed by atoms with Gasteiger partial charge in [0.2, 0.25) is 6.41 Å². The largest absolute Gasteiger partial charge is 0.342 e. The van der Waals surface area contributed by atoms with Crippen molar-refractivity contribution < 1.29 is 14.4 Å². The van der Waals surface area contributed by atoms with Gasteiger partial charge >= 0.3 is 0 Å². The van der Waals surface area contributed by atoms with E-state index in [9.17, 15) is 14.4 Å². The van der Waals surface area contributed by atoms with Gasteiger partial charge in [-0.3, -0.25) is 14.5 Å². The summed E-state index contributed by atoms with van der Waals surface area (Å²) in [5.41, 5.74) is 1.60. The number of benzene rings is 1. The van der Waals surface area contributed by atoms with E-state index in [1.807, 2.05) is 47.8 Å². The minimum absolute atomic E-state index is 0.0582. The number of unbranched alkanes of at least 4 members (excludes halogenated alkanes) is 1. The smallest absolute Gasteiger partial charge is 0.256 e. The molecule has 9 heteroatoms. The molecule has 2 saturated heterocycles. The number of nitrogens with zero attached hydrogens (tertiary/aromatic N) is 4. The lowest BCUT2D eigenvalue weighted by Crippen LogP contribution is -2.56. The van der Waals surface area contributed by atoms with Crippen LogP contribution in [0.2, 0.25) is 0 Å². The lowest BCUT2D eigenvalue weighted by molar-refractivity contribution is -0.122. The minimum atomic E-state index is 0.0582. The summed E-state index contributed by atoms with van der Waals surface area (Å²) in [5.74, 6) is 0.0582. The predicted octanol–water partition coefficient (Wildman–Crippen LogP) is 3.40. The maximum atomic E-state index is 13.1. The van der Waals surface area contributed by atoms with Crippen LogP contribution in [0.25, 0.3) is 10.9 Å². The third-order valence-electron chi connectivity index (χ3n) is 6.30. The standard InChI is InChI=1S/C19H24BrN3O2.C5H10N2O.C3H6/c1-2-3-6-21-7-9-22(10-8-21)19(25)17-14-23(11-12-24)18-5-4-15(20)13-16(17)18;1-6-5-2-7(3-5)4-8;1-3-2/h4-5,12-14H,2-3,6-11H2,1H3;4-6H,2-3H2,1H3;3H,1H2,2H3. The van der Waals surface area contributed by atoms with Gasteiger partial charge in [-0.15, -0.1) is 6.58 Å². The average molecular weight is 563 g/mol. The van der Waals surface area contributed by atoms with E-state index in [-0.39, 0.29) is 12.5 Å². The van der Waals surface area contributed by atoms with E-state index in [0.29, 0.717) is 11.6 Å². The molecule has 0 atom stereocenters. The molecule has 2 aromatic rings. The van der Waals surface area contributed by atoms with Crippen LogP contribution in [-0.4, -0.2) is 96.8 Å². The third-order valence-corrected chi connectivity index (χ3v) is 6.79. The van der Waals surface area contributed by atoms with Crippen LogP contribution in [0.4, 0.5) is 0 Å². The second-order valence-corrected chi connectivity index (χ2v) is 9.88. The number of likely N-dealkylation sites (tertiary alicyclic amines) is 1. The average Bonchev–Trinajstić information content (AvgIpc) is 3.21. The van der Waals surface area contributed by atoms with Crippen LogP contribution in [0.15, 0.2) is 41.5 Å². The summed E-state index contributed by atoms with van der Waals surface area (Å²) in [6.45, 7) is 14.0. The molecule has 1 aromatic heterocycles. The van der Waals surface area contributed by atoms with Gasteiger partial charge in [0.25, 0.3) is 5.91 Å². The number of aromatic nitrogens is 1. The van der Waals surface area contributed by atoms with E-state index in [4.69, 9.17) is 0 Å². The van der Waals surface area contributed by atoms with Crippen molar-refractivity contribution in [2.75, 3.05) is 52.9 Å². The molecule has 3 heterocycles. The Bertz CT molecular complexity index is 995. The van der Waals surface area contributed by atoms with Gasteiger partial charge in [0.1, 0.15) is 6.29 Å². The fourth-order valence-electron chi connectivity index (χ4n) is 4.18. The van der Waals surface area contributed by atoms with Crippen LogP contribution in [-0.2, 0) is 16.1 Å². The Labute approximate surface area is 223 Å². The van der Waals surface area contributed by atoms with Gasteiger partial charge in [-0.05, 0) is 45.1 Å². The summed E-state index contributed by atoms with van der Waals surface area (Å²) in [6.07, 6.45) is 7.72. The van der Waals surface area contributed by atoms with Crippen molar-refractivity contribution in [3.63, 3.8) is 0 Å². The zero-order valence-electron chi connectivity index (χ0n) is 21.8. The molecule has 1 N–H and O–H groups in total. The number of hydrogen-bond donors (Lipinski definition) is 1. The number of likely N-dealkylation sites (N-methyl/N-ethyl adjacent to an activating group) is 1. The molecule has 4 rings (SSSR count). The molecule has 2 fully saturated rings. The van der Waals surface area contributed by atoms with Gasteiger partial charge in [-0.2, -0.15) is 0 Å². The summed E-state index contributed by atoms with van der Waals surface area (Å²) in [7, 11) is 1.91. The summed E-state index contributed by atoms with van der Waals surface area (Å²) < 4.78 is 2.78. The number of amides is 2. The topological polar surface area (TPSA) is 77.9 Å². The molecule has 2 aliphatic heterocycles. The highest BCUT2D eigenvalue weighted by molar-refractivity contribution is 9.10. The summed E-state index contributed by atoms with van der Waals surface area (Å²) >= 11 is 3.48. The number of aldehydes is 1. The van der Waals surface area contributed by atoms with E-state index in [1.54, 1.807) is 11.0 Å². The predicted molar refractivity (Wildman–Crippen MR) is 149 cm³/mol. The molecule has 0 bridgehead atoms. The molecule has 0 saturated carbocycles. The summed E-state index contributed by atoms with van der Waals surface area (Å²) in [6, 6.07) is 6.38. The van der Waals surface area contributed by atoms with Gasteiger partial charge in [-0.1, -0.05) is 35.4 Å². The number of carbonyl (C=O) groups excluding carboxylic acids is 3. The SMILES string of the molecule is C=CC.CCCCN1CCN(C(=O)c2cn(CC=O)c3ccc(Br)cc23)CC1.CNC1CN(C=O)C1. The summed E-state index contributed by atoms with van der Waals surface area (Å²) in [4.78, 5) is 40.1. The molecule has 0 unspecified atom stereocenters. The second-order valence-electron chi connectivity index (χ2n) is 8.96. The molecule has 2 aliphatic rings. The van der Waals surface area contributed by atoms with Crippen LogP contribution in [0.1, 0.15) is 37.0 Å². The molecular weight excluding hydrogens is 522 g/mol. The fourth-order valence-corrected chi connectivity index (χ4v) is 4.54. The van der Waals surface area contributed by atoms with Crippen LogP contribution < -0.4 is 5.32 Å². The highest BCUT2D eigenvalue weighted by atomic mass is 79.9. The Morgan fingerprint density at radius 1 is 1.19 bits per heavy atom. The van der Waals surface area contributed by atoms with E-state index >= 15 is 0 Å². The van der Waals surface area contributed by atoms with Crippen molar-refractivity contribution in [1.29, 1.82) is 0 Å².